The summed E-state index contributed by atoms with van der Waals surface area (Å²) in [5, 5.41) is 3.21. The first-order valence-corrected chi connectivity index (χ1v) is 5.09. The minimum absolute atomic E-state index is 0.767. The smallest absolute Gasteiger partial charge is 0.0353 e. The lowest BCUT2D eigenvalue weighted by atomic mass is 10.3. The van der Waals surface area contributed by atoms with Crippen molar-refractivity contribution in [1.29, 1.82) is 0 Å². The van der Waals surface area contributed by atoms with Crippen molar-refractivity contribution >= 4 is 39.9 Å². The van der Waals surface area contributed by atoms with Gasteiger partial charge >= 0.3 is 0 Å². The van der Waals surface area contributed by atoms with Gasteiger partial charge in [-0.05, 0) is 40.8 Å². The Morgan fingerprint density at radius 3 is 3.00 bits per heavy atom. The third-order valence-corrected chi connectivity index (χ3v) is 2.19. The largest absolute Gasteiger partial charge is 0.382 e. The maximum absolute atomic E-state index is 5.38. The Balaban J connectivity index is 2.52. The first-order valence-electron chi connectivity index (χ1n) is 3.57. The fraction of sp³-hybridized carbons (Fsp3) is 0.111. The van der Waals surface area contributed by atoms with Crippen LogP contribution in [-0.2, 0) is 0 Å². The molecule has 0 bridgehead atoms. The lowest BCUT2D eigenvalue weighted by molar-refractivity contribution is 1.34. The van der Waals surface area contributed by atoms with Crippen molar-refractivity contribution in [3.8, 4) is 0 Å². The Morgan fingerprint density at radius 1 is 1.50 bits per heavy atom. The van der Waals surface area contributed by atoms with Crippen molar-refractivity contribution in [2.75, 3.05) is 11.9 Å². The van der Waals surface area contributed by atoms with Crippen LogP contribution in [0.2, 0.25) is 0 Å². The molecule has 0 amide bonds. The van der Waals surface area contributed by atoms with Crippen LogP contribution in [0, 0.1) is 3.57 Å². The maximum atomic E-state index is 5.38. The van der Waals surface area contributed by atoms with E-state index in [2.05, 4.69) is 40.0 Å². The van der Waals surface area contributed by atoms with E-state index in [4.69, 9.17) is 11.6 Å². The van der Waals surface area contributed by atoms with Gasteiger partial charge in [0.15, 0.2) is 0 Å². The van der Waals surface area contributed by atoms with Crippen LogP contribution in [0.1, 0.15) is 0 Å². The Bertz CT molecular complexity index is 273. The molecule has 0 saturated heterocycles. The minimum Gasteiger partial charge on any atom is -0.382 e. The van der Waals surface area contributed by atoms with Gasteiger partial charge in [0.2, 0.25) is 0 Å². The summed E-state index contributed by atoms with van der Waals surface area (Å²) < 4.78 is 1.23. The SMILES string of the molecule is Cl/C=C/CNc1cccc(I)c1. The Morgan fingerprint density at radius 2 is 2.33 bits per heavy atom. The zero-order chi connectivity index (χ0) is 8.81. The van der Waals surface area contributed by atoms with Crippen molar-refractivity contribution in [3.63, 3.8) is 0 Å². The van der Waals surface area contributed by atoms with Crippen molar-refractivity contribution < 1.29 is 0 Å². The zero-order valence-electron chi connectivity index (χ0n) is 6.43. The molecule has 3 heteroatoms. The Labute approximate surface area is 91.0 Å². The monoisotopic (exact) mass is 293 g/mol. The number of benzene rings is 1. The predicted octanol–water partition coefficient (Wildman–Crippen LogP) is 3.46. The first kappa shape index (κ1) is 9.86. The highest BCUT2D eigenvalue weighted by Gasteiger charge is 1.89. The van der Waals surface area contributed by atoms with E-state index in [1.165, 1.54) is 9.11 Å². The second kappa shape index (κ2) is 5.43. The summed E-state index contributed by atoms with van der Waals surface area (Å²) in [6.07, 6.45) is 1.86. The van der Waals surface area contributed by atoms with E-state index < -0.39 is 0 Å². The van der Waals surface area contributed by atoms with Crippen molar-refractivity contribution in [1.82, 2.24) is 0 Å². The summed E-state index contributed by atoms with van der Waals surface area (Å²) in [4.78, 5) is 0. The Hall–Kier alpha value is -0.220. The number of anilines is 1. The molecule has 1 N–H and O–H groups in total. The molecule has 1 rings (SSSR count). The molecular formula is C9H9ClIN. The van der Waals surface area contributed by atoms with Crippen LogP contribution in [0.4, 0.5) is 5.69 Å². The molecule has 0 aromatic heterocycles. The van der Waals surface area contributed by atoms with Crippen LogP contribution >= 0.6 is 34.2 Å². The van der Waals surface area contributed by atoms with Crippen molar-refractivity contribution in [3.05, 3.63) is 39.4 Å². The molecule has 0 unspecified atom stereocenters. The molecule has 0 spiro atoms. The molecule has 0 aliphatic heterocycles. The van der Waals surface area contributed by atoms with Crippen LogP contribution in [0.5, 0.6) is 0 Å². The minimum atomic E-state index is 0.767. The van der Waals surface area contributed by atoms with E-state index in [0.717, 1.165) is 12.2 Å². The van der Waals surface area contributed by atoms with Gasteiger partial charge in [-0.25, -0.2) is 0 Å². The standard InChI is InChI=1S/C9H9ClIN/c10-5-2-6-12-9-4-1-3-8(11)7-9/h1-5,7,12H,6H2/b5-2+. The molecule has 1 aromatic carbocycles. The van der Waals surface area contributed by atoms with E-state index in [1.54, 1.807) is 0 Å². The molecule has 0 aliphatic rings. The molecule has 64 valence electrons. The molecule has 12 heavy (non-hydrogen) atoms. The second-order valence-corrected chi connectivity index (χ2v) is 3.75. The molecule has 0 heterocycles. The van der Waals surface area contributed by atoms with E-state index in [0.29, 0.717) is 0 Å². The predicted molar refractivity (Wildman–Crippen MR) is 62.6 cm³/mol. The van der Waals surface area contributed by atoms with E-state index >= 15 is 0 Å². The lowest BCUT2D eigenvalue weighted by Gasteiger charge is -2.02. The van der Waals surface area contributed by atoms with Crippen LogP contribution < -0.4 is 5.32 Å². The van der Waals surface area contributed by atoms with Gasteiger partial charge < -0.3 is 5.32 Å². The van der Waals surface area contributed by atoms with Gasteiger partial charge in [-0.1, -0.05) is 23.7 Å². The number of hydrogen-bond acceptors (Lipinski definition) is 1. The third kappa shape index (κ3) is 3.45. The van der Waals surface area contributed by atoms with Crippen molar-refractivity contribution in [2.24, 2.45) is 0 Å². The summed E-state index contributed by atoms with van der Waals surface area (Å²) >= 11 is 7.66. The van der Waals surface area contributed by atoms with Crippen LogP contribution in [0.25, 0.3) is 0 Å². The molecule has 1 nitrogen and oxygen atoms in total. The van der Waals surface area contributed by atoms with Gasteiger partial charge in [0.05, 0.1) is 0 Å². The second-order valence-electron chi connectivity index (χ2n) is 2.25. The van der Waals surface area contributed by atoms with E-state index in [-0.39, 0.29) is 0 Å². The Kier molecular flexibility index (Phi) is 4.46. The number of nitrogens with one attached hydrogen (secondary N) is 1. The summed E-state index contributed by atoms with van der Waals surface area (Å²) in [5.41, 5.74) is 2.64. The van der Waals surface area contributed by atoms with Crippen molar-refractivity contribution in [2.45, 2.75) is 0 Å². The molecule has 0 saturated carbocycles. The topological polar surface area (TPSA) is 12.0 Å². The summed E-state index contributed by atoms with van der Waals surface area (Å²) in [7, 11) is 0. The van der Waals surface area contributed by atoms with Crippen LogP contribution in [-0.4, -0.2) is 6.54 Å². The third-order valence-electron chi connectivity index (χ3n) is 1.34. The van der Waals surface area contributed by atoms with Gasteiger partial charge in [-0.3, -0.25) is 0 Å². The maximum Gasteiger partial charge on any atom is 0.0353 e. The molecule has 0 aliphatic carbocycles. The molecule has 0 fully saturated rings. The van der Waals surface area contributed by atoms with E-state index in [9.17, 15) is 0 Å². The van der Waals surface area contributed by atoms with Crippen LogP contribution in [0.15, 0.2) is 35.9 Å². The summed E-state index contributed by atoms with van der Waals surface area (Å²) in [6.45, 7) is 0.767. The highest BCUT2D eigenvalue weighted by atomic mass is 127. The summed E-state index contributed by atoms with van der Waals surface area (Å²) in [6, 6.07) is 8.20. The highest BCUT2D eigenvalue weighted by molar-refractivity contribution is 14.1. The molecular weight excluding hydrogens is 284 g/mol. The summed E-state index contributed by atoms with van der Waals surface area (Å²) in [5.74, 6) is 0. The lowest BCUT2D eigenvalue weighted by Crippen LogP contribution is -1.97. The quantitative estimate of drug-likeness (QED) is 0.842. The number of halogens is 2. The average Bonchev–Trinajstić information content (AvgIpc) is 2.05. The highest BCUT2D eigenvalue weighted by Crippen LogP contribution is 2.11. The fourth-order valence-electron chi connectivity index (χ4n) is 0.820. The van der Waals surface area contributed by atoms with Crippen LogP contribution in [0.3, 0.4) is 0 Å². The van der Waals surface area contributed by atoms with Gasteiger partial charge in [0, 0.05) is 21.3 Å². The molecule has 0 radical (unpaired) electrons. The van der Waals surface area contributed by atoms with E-state index in [1.807, 2.05) is 18.2 Å². The number of hydrogen-bond donors (Lipinski definition) is 1. The fourth-order valence-corrected chi connectivity index (χ4v) is 1.45. The zero-order valence-corrected chi connectivity index (χ0v) is 9.34. The van der Waals surface area contributed by atoms with Gasteiger partial charge in [0.25, 0.3) is 0 Å². The van der Waals surface area contributed by atoms with Gasteiger partial charge in [0.1, 0.15) is 0 Å². The normalized spacial score (nSPS) is 10.5. The van der Waals surface area contributed by atoms with Gasteiger partial charge in [-0.15, -0.1) is 0 Å². The molecule has 0 atom stereocenters. The number of rotatable bonds is 3. The van der Waals surface area contributed by atoms with Gasteiger partial charge in [-0.2, -0.15) is 0 Å². The molecule has 1 aromatic rings. The first-order chi connectivity index (χ1) is 5.83. The average molecular weight is 294 g/mol.